The molecular weight excluding hydrogens is 214 g/mol. The number of oxime groups is 1. The van der Waals surface area contributed by atoms with Crippen molar-refractivity contribution in [2.75, 3.05) is 0 Å². The Balaban J connectivity index is 2.41. The predicted molar refractivity (Wildman–Crippen MR) is 68.9 cm³/mol. The molecule has 1 aromatic rings. The largest absolute Gasteiger partial charge is 0.334 e. The highest BCUT2D eigenvalue weighted by atomic mass is 16.7. The molecule has 0 radical (unpaired) electrons. The fourth-order valence-electron chi connectivity index (χ4n) is 1.41. The molecule has 1 rings (SSSR count). The van der Waals surface area contributed by atoms with Gasteiger partial charge >= 0.3 is 5.97 Å². The molecule has 3 heteroatoms. The molecule has 0 aliphatic heterocycles. The number of nitrogens with zero attached hydrogens (tertiary/aromatic N) is 1. The zero-order valence-corrected chi connectivity index (χ0v) is 10.6. The number of aryl methyl sites for hydroxylation is 1. The molecule has 0 aliphatic carbocycles. The van der Waals surface area contributed by atoms with Gasteiger partial charge in [-0.05, 0) is 24.8 Å². The number of hydrogen-bond donors (Lipinski definition) is 0. The van der Waals surface area contributed by atoms with Gasteiger partial charge in [0, 0.05) is 12.6 Å². The fourth-order valence-corrected chi connectivity index (χ4v) is 1.41. The summed E-state index contributed by atoms with van der Waals surface area (Å²) in [5, 5.41) is 3.68. The standard InChI is InChI=1S/C14H19NO2/c1-4-14(16)17-15-10-12(3)9-13-7-5-11(2)6-8-13/h5-8,10,12H,4,9H2,1-3H3. The van der Waals surface area contributed by atoms with Crippen LogP contribution in [0.3, 0.4) is 0 Å². The van der Waals surface area contributed by atoms with Gasteiger partial charge in [0.15, 0.2) is 0 Å². The molecule has 0 aliphatic rings. The average Bonchev–Trinajstić information content (AvgIpc) is 2.32. The van der Waals surface area contributed by atoms with E-state index in [0.717, 1.165) is 6.42 Å². The molecule has 1 aromatic carbocycles. The van der Waals surface area contributed by atoms with Gasteiger partial charge in [0.2, 0.25) is 0 Å². The minimum Gasteiger partial charge on any atom is -0.319 e. The molecule has 0 aromatic heterocycles. The third-order valence-corrected chi connectivity index (χ3v) is 2.44. The molecule has 0 heterocycles. The summed E-state index contributed by atoms with van der Waals surface area (Å²) in [6.07, 6.45) is 2.92. The Bertz CT molecular complexity index is 382. The number of benzene rings is 1. The first-order valence-electron chi connectivity index (χ1n) is 5.90. The first kappa shape index (κ1) is 13.4. The van der Waals surface area contributed by atoms with Crippen molar-refractivity contribution in [1.82, 2.24) is 0 Å². The summed E-state index contributed by atoms with van der Waals surface area (Å²) in [6, 6.07) is 8.40. The number of hydrogen-bond acceptors (Lipinski definition) is 3. The fraction of sp³-hybridized carbons (Fsp3) is 0.429. The van der Waals surface area contributed by atoms with Crippen LogP contribution in [0, 0.1) is 12.8 Å². The summed E-state index contributed by atoms with van der Waals surface area (Å²) in [4.78, 5) is 15.5. The highest BCUT2D eigenvalue weighted by molar-refractivity contribution is 5.70. The van der Waals surface area contributed by atoms with Gasteiger partial charge in [-0.15, -0.1) is 0 Å². The van der Waals surface area contributed by atoms with Crippen LogP contribution < -0.4 is 0 Å². The van der Waals surface area contributed by atoms with Crippen LogP contribution in [0.4, 0.5) is 0 Å². The Hall–Kier alpha value is -1.64. The molecular formula is C14H19NO2. The molecule has 0 spiro atoms. The van der Waals surface area contributed by atoms with Crippen LogP contribution in [-0.4, -0.2) is 12.2 Å². The Kier molecular flexibility index (Phi) is 5.40. The van der Waals surface area contributed by atoms with E-state index < -0.39 is 0 Å². The van der Waals surface area contributed by atoms with Gasteiger partial charge in [0.1, 0.15) is 0 Å². The van der Waals surface area contributed by atoms with Crippen molar-refractivity contribution in [3.8, 4) is 0 Å². The first-order chi connectivity index (χ1) is 8.11. The minimum absolute atomic E-state index is 0.252. The molecule has 92 valence electrons. The zero-order chi connectivity index (χ0) is 12.7. The third-order valence-electron chi connectivity index (χ3n) is 2.44. The highest BCUT2D eigenvalue weighted by Gasteiger charge is 2.01. The van der Waals surface area contributed by atoms with Gasteiger partial charge in [0.05, 0.1) is 0 Å². The Labute approximate surface area is 102 Å². The van der Waals surface area contributed by atoms with Crippen molar-refractivity contribution in [1.29, 1.82) is 0 Å². The van der Waals surface area contributed by atoms with E-state index in [0.29, 0.717) is 6.42 Å². The molecule has 0 amide bonds. The van der Waals surface area contributed by atoms with E-state index in [1.165, 1.54) is 11.1 Å². The van der Waals surface area contributed by atoms with Crippen molar-refractivity contribution in [2.24, 2.45) is 11.1 Å². The third kappa shape index (κ3) is 5.29. The summed E-state index contributed by atoms with van der Waals surface area (Å²) in [6.45, 7) is 5.86. The smallest absolute Gasteiger partial charge is 0.319 e. The van der Waals surface area contributed by atoms with E-state index in [-0.39, 0.29) is 11.9 Å². The van der Waals surface area contributed by atoms with Gasteiger partial charge in [-0.25, -0.2) is 4.79 Å². The summed E-state index contributed by atoms with van der Waals surface area (Å²) >= 11 is 0. The van der Waals surface area contributed by atoms with Crippen LogP contribution in [0.2, 0.25) is 0 Å². The van der Waals surface area contributed by atoms with Crippen molar-refractivity contribution < 1.29 is 9.63 Å². The molecule has 0 bridgehead atoms. The normalized spacial score (nSPS) is 12.6. The second kappa shape index (κ2) is 6.84. The Morgan fingerprint density at radius 1 is 1.41 bits per heavy atom. The summed E-state index contributed by atoms with van der Waals surface area (Å²) in [5.74, 6) is -0.0499. The lowest BCUT2D eigenvalue weighted by molar-refractivity contribution is -0.143. The maximum Gasteiger partial charge on any atom is 0.334 e. The summed E-state index contributed by atoms with van der Waals surface area (Å²) < 4.78 is 0. The van der Waals surface area contributed by atoms with Crippen molar-refractivity contribution >= 4 is 12.2 Å². The Morgan fingerprint density at radius 3 is 2.65 bits per heavy atom. The quantitative estimate of drug-likeness (QED) is 0.445. The maximum absolute atomic E-state index is 10.9. The number of rotatable bonds is 5. The maximum atomic E-state index is 10.9. The Morgan fingerprint density at radius 2 is 2.06 bits per heavy atom. The first-order valence-corrected chi connectivity index (χ1v) is 5.90. The van der Waals surface area contributed by atoms with E-state index in [4.69, 9.17) is 0 Å². The monoisotopic (exact) mass is 233 g/mol. The SMILES string of the molecule is CCC(=O)ON=CC(C)Cc1ccc(C)cc1. The summed E-state index contributed by atoms with van der Waals surface area (Å²) in [5.41, 5.74) is 2.52. The zero-order valence-electron chi connectivity index (χ0n) is 10.6. The molecule has 0 saturated heterocycles. The molecule has 17 heavy (non-hydrogen) atoms. The minimum atomic E-state index is -0.302. The van der Waals surface area contributed by atoms with Gasteiger partial charge in [-0.2, -0.15) is 0 Å². The average molecular weight is 233 g/mol. The van der Waals surface area contributed by atoms with Gasteiger partial charge in [0.25, 0.3) is 0 Å². The second-order valence-corrected chi connectivity index (χ2v) is 4.24. The van der Waals surface area contributed by atoms with Gasteiger partial charge < -0.3 is 4.84 Å². The highest BCUT2D eigenvalue weighted by Crippen LogP contribution is 2.08. The van der Waals surface area contributed by atoms with Crippen molar-refractivity contribution in [2.45, 2.75) is 33.6 Å². The van der Waals surface area contributed by atoms with E-state index >= 15 is 0 Å². The molecule has 0 saturated carbocycles. The predicted octanol–water partition coefficient (Wildman–Crippen LogP) is 3.11. The van der Waals surface area contributed by atoms with E-state index in [1.54, 1.807) is 13.1 Å². The number of carbonyl (C=O) groups is 1. The van der Waals surface area contributed by atoms with E-state index in [1.807, 2.05) is 6.92 Å². The molecule has 0 fully saturated rings. The van der Waals surface area contributed by atoms with Crippen LogP contribution >= 0.6 is 0 Å². The van der Waals surface area contributed by atoms with E-state index in [9.17, 15) is 4.79 Å². The topological polar surface area (TPSA) is 38.7 Å². The molecule has 0 N–H and O–H groups in total. The van der Waals surface area contributed by atoms with Crippen LogP contribution in [0.1, 0.15) is 31.4 Å². The van der Waals surface area contributed by atoms with Crippen LogP contribution in [0.15, 0.2) is 29.4 Å². The van der Waals surface area contributed by atoms with Gasteiger partial charge in [-0.3, -0.25) is 0 Å². The lowest BCUT2D eigenvalue weighted by Gasteiger charge is -2.05. The number of carbonyl (C=O) groups excluding carboxylic acids is 1. The van der Waals surface area contributed by atoms with Crippen LogP contribution in [0.5, 0.6) is 0 Å². The molecule has 3 nitrogen and oxygen atoms in total. The van der Waals surface area contributed by atoms with Crippen molar-refractivity contribution in [3.63, 3.8) is 0 Å². The molecule has 1 atom stereocenters. The van der Waals surface area contributed by atoms with Crippen LogP contribution in [-0.2, 0) is 16.1 Å². The summed E-state index contributed by atoms with van der Waals surface area (Å²) in [7, 11) is 0. The van der Waals surface area contributed by atoms with Gasteiger partial charge in [-0.1, -0.05) is 48.8 Å². The lowest BCUT2D eigenvalue weighted by Crippen LogP contribution is -2.03. The van der Waals surface area contributed by atoms with Crippen LogP contribution in [0.25, 0.3) is 0 Å². The lowest BCUT2D eigenvalue weighted by atomic mass is 10.0. The molecule has 1 unspecified atom stereocenters. The van der Waals surface area contributed by atoms with E-state index in [2.05, 4.69) is 41.2 Å². The second-order valence-electron chi connectivity index (χ2n) is 4.24. The van der Waals surface area contributed by atoms with Crippen molar-refractivity contribution in [3.05, 3.63) is 35.4 Å².